The quantitative estimate of drug-likeness (QED) is 0.652. The van der Waals surface area contributed by atoms with E-state index in [4.69, 9.17) is 4.74 Å². The first-order valence-electron chi connectivity index (χ1n) is 12.9. The molecule has 35 heavy (non-hydrogen) atoms. The fourth-order valence-corrected chi connectivity index (χ4v) is 6.92. The molecule has 2 aliphatic heterocycles. The fourth-order valence-electron chi connectivity index (χ4n) is 6.92. The van der Waals surface area contributed by atoms with E-state index in [9.17, 15) is 14.4 Å². The summed E-state index contributed by atoms with van der Waals surface area (Å²) < 4.78 is 5.65. The normalized spacial score (nSPS) is 29.2. The molecule has 1 N–H and O–H groups in total. The predicted octanol–water partition coefficient (Wildman–Crippen LogP) is 3.59. The molecule has 0 aromatic heterocycles. The molecule has 2 aromatic carbocycles. The number of imide groups is 1. The minimum atomic E-state index is -0.798. The molecule has 7 rings (SSSR count). The lowest BCUT2D eigenvalue weighted by Gasteiger charge is -2.45. The minimum absolute atomic E-state index is 0.00561. The lowest BCUT2D eigenvalue weighted by molar-refractivity contribution is -0.148. The second-order valence-corrected chi connectivity index (χ2v) is 10.8. The number of rotatable bonds is 6. The molecule has 3 aliphatic carbocycles. The standard InChI is InChI=1S/C29H32N2O4/c1-16(2)14-22(27(32)30-15-17-8-7-13-35-17)31-28(33)25-23-18-9-3-4-10-19(18)24(26(25)29(31)34)21-12-6-5-11-20(21)23/h3-6,9-12,16-17,22-26H,7-8,13-15H2,1-2H3,(H,30,32). The number of carbonyl (C=O) groups excluding carboxylic acids is 3. The van der Waals surface area contributed by atoms with Crippen molar-refractivity contribution in [2.75, 3.05) is 13.2 Å². The van der Waals surface area contributed by atoms with Crippen molar-refractivity contribution in [1.29, 1.82) is 0 Å². The highest BCUT2D eigenvalue weighted by Gasteiger charge is 2.63. The number of carbonyl (C=O) groups is 3. The molecule has 0 spiro atoms. The van der Waals surface area contributed by atoms with Gasteiger partial charge in [-0.3, -0.25) is 19.3 Å². The topological polar surface area (TPSA) is 75.7 Å². The van der Waals surface area contributed by atoms with Crippen molar-refractivity contribution in [3.63, 3.8) is 0 Å². The van der Waals surface area contributed by atoms with E-state index in [-0.39, 0.29) is 41.6 Å². The van der Waals surface area contributed by atoms with Crippen LogP contribution in [0.25, 0.3) is 0 Å². The Morgan fingerprint density at radius 2 is 1.46 bits per heavy atom. The summed E-state index contributed by atoms with van der Waals surface area (Å²) in [5, 5.41) is 2.99. The Balaban J connectivity index is 1.36. The van der Waals surface area contributed by atoms with Crippen molar-refractivity contribution in [1.82, 2.24) is 10.2 Å². The summed E-state index contributed by atoms with van der Waals surface area (Å²) in [7, 11) is 0. The van der Waals surface area contributed by atoms with Crippen molar-refractivity contribution in [3.8, 4) is 0 Å². The molecule has 4 unspecified atom stereocenters. The van der Waals surface area contributed by atoms with Gasteiger partial charge in [0, 0.05) is 25.0 Å². The van der Waals surface area contributed by atoms with Gasteiger partial charge in [-0.05, 0) is 47.4 Å². The molecule has 5 aliphatic rings. The molecular formula is C29H32N2O4. The molecule has 0 saturated carbocycles. The van der Waals surface area contributed by atoms with Gasteiger partial charge in [-0.25, -0.2) is 0 Å². The Kier molecular flexibility index (Phi) is 5.52. The average molecular weight is 473 g/mol. The van der Waals surface area contributed by atoms with Gasteiger partial charge >= 0.3 is 0 Å². The molecule has 0 radical (unpaired) electrons. The van der Waals surface area contributed by atoms with Crippen LogP contribution < -0.4 is 5.32 Å². The Morgan fingerprint density at radius 1 is 0.943 bits per heavy atom. The summed E-state index contributed by atoms with van der Waals surface area (Å²) in [5.74, 6) is -1.73. The van der Waals surface area contributed by atoms with E-state index in [1.165, 1.54) is 4.90 Å². The molecule has 3 amide bonds. The average Bonchev–Trinajstić information content (AvgIpc) is 3.48. The molecular weight excluding hydrogens is 440 g/mol. The maximum atomic E-state index is 14.0. The van der Waals surface area contributed by atoms with E-state index in [1.807, 2.05) is 38.1 Å². The first kappa shape index (κ1) is 22.5. The smallest absolute Gasteiger partial charge is 0.243 e. The van der Waals surface area contributed by atoms with E-state index < -0.39 is 17.9 Å². The molecule has 6 heteroatoms. The van der Waals surface area contributed by atoms with Crippen LogP contribution in [0.3, 0.4) is 0 Å². The molecule has 2 fully saturated rings. The van der Waals surface area contributed by atoms with Gasteiger partial charge in [0.25, 0.3) is 0 Å². The van der Waals surface area contributed by atoms with Gasteiger partial charge in [-0.2, -0.15) is 0 Å². The zero-order chi connectivity index (χ0) is 24.3. The van der Waals surface area contributed by atoms with E-state index in [0.717, 1.165) is 35.1 Å². The third-order valence-corrected chi connectivity index (χ3v) is 8.32. The van der Waals surface area contributed by atoms with Crippen molar-refractivity contribution >= 4 is 17.7 Å². The van der Waals surface area contributed by atoms with E-state index >= 15 is 0 Å². The van der Waals surface area contributed by atoms with Gasteiger partial charge in [0.1, 0.15) is 6.04 Å². The highest BCUT2D eigenvalue weighted by Crippen LogP contribution is 2.61. The maximum Gasteiger partial charge on any atom is 0.243 e. The second kappa shape index (κ2) is 8.59. The first-order chi connectivity index (χ1) is 17.0. The van der Waals surface area contributed by atoms with Crippen LogP contribution in [0.1, 0.15) is 67.2 Å². The summed E-state index contributed by atoms with van der Waals surface area (Å²) in [6, 6.07) is 15.6. The van der Waals surface area contributed by atoms with Crippen molar-refractivity contribution in [2.45, 2.75) is 57.1 Å². The number of benzene rings is 2. The lowest BCUT2D eigenvalue weighted by atomic mass is 9.55. The second-order valence-electron chi connectivity index (χ2n) is 10.8. The zero-order valence-electron chi connectivity index (χ0n) is 20.3. The molecule has 4 atom stereocenters. The molecule has 182 valence electrons. The Bertz CT molecular complexity index is 1070. The molecule has 6 nitrogen and oxygen atoms in total. The monoisotopic (exact) mass is 472 g/mol. The van der Waals surface area contributed by atoms with Crippen LogP contribution in [0.5, 0.6) is 0 Å². The number of hydrogen-bond donors (Lipinski definition) is 1. The van der Waals surface area contributed by atoms with E-state index in [0.29, 0.717) is 19.6 Å². The van der Waals surface area contributed by atoms with Gasteiger partial charge in [-0.15, -0.1) is 0 Å². The molecule has 2 saturated heterocycles. The van der Waals surface area contributed by atoms with E-state index in [2.05, 4.69) is 29.6 Å². The Hall–Kier alpha value is -2.99. The largest absolute Gasteiger partial charge is 0.376 e. The summed E-state index contributed by atoms with van der Waals surface area (Å²) in [6.45, 7) is 5.17. The first-order valence-corrected chi connectivity index (χ1v) is 12.9. The molecule has 2 aromatic rings. The molecule has 2 heterocycles. The minimum Gasteiger partial charge on any atom is -0.376 e. The highest BCUT2D eigenvalue weighted by molar-refractivity contribution is 6.10. The van der Waals surface area contributed by atoms with Gasteiger partial charge in [0.05, 0.1) is 17.9 Å². The Morgan fingerprint density at radius 3 is 1.89 bits per heavy atom. The number of nitrogens with one attached hydrogen (secondary N) is 1. The lowest BCUT2D eigenvalue weighted by Crippen LogP contribution is -2.51. The number of hydrogen-bond acceptors (Lipinski definition) is 4. The summed E-state index contributed by atoms with van der Waals surface area (Å²) in [4.78, 5) is 42.8. The zero-order valence-corrected chi connectivity index (χ0v) is 20.3. The van der Waals surface area contributed by atoms with Crippen LogP contribution in [0.15, 0.2) is 48.5 Å². The maximum absolute atomic E-state index is 14.0. The third-order valence-electron chi connectivity index (χ3n) is 8.32. The van der Waals surface area contributed by atoms with Crippen molar-refractivity contribution in [3.05, 3.63) is 70.8 Å². The number of likely N-dealkylation sites (tertiary alicyclic amines) is 1. The van der Waals surface area contributed by atoms with Crippen LogP contribution in [0.2, 0.25) is 0 Å². The SMILES string of the molecule is CC(C)CC(C(=O)NCC1CCCO1)N1C(=O)C2C3c4ccccc4C(c4ccccc43)C2C1=O. The predicted molar refractivity (Wildman–Crippen MR) is 131 cm³/mol. The number of amides is 3. The van der Waals surface area contributed by atoms with Gasteiger partial charge in [0.15, 0.2) is 0 Å². The van der Waals surface area contributed by atoms with Crippen LogP contribution in [-0.2, 0) is 19.1 Å². The van der Waals surface area contributed by atoms with Gasteiger partial charge in [-0.1, -0.05) is 62.4 Å². The van der Waals surface area contributed by atoms with Crippen molar-refractivity contribution < 1.29 is 19.1 Å². The number of ether oxygens (including phenoxy) is 1. The fraction of sp³-hybridized carbons (Fsp3) is 0.483. The van der Waals surface area contributed by atoms with Crippen LogP contribution in [0, 0.1) is 17.8 Å². The summed E-state index contributed by atoms with van der Waals surface area (Å²) in [6.07, 6.45) is 2.36. The van der Waals surface area contributed by atoms with Gasteiger partial charge < -0.3 is 10.1 Å². The summed E-state index contributed by atoms with van der Waals surface area (Å²) in [5.41, 5.74) is 4.57. The van der Waals surface area contributed by atoms with E-state index in [1.54, 1.807) is 0 Å². The Labute approximate surface area is 206 Å². The third kappa shape index (κ3) is 3.45. The number of nitrogens with zero attached hydrogens (tertiary/aromatic N) is 1. The van der Waals surface area contributed by atoms with Crippen LogP contribution >= 0.6 is 0 Å². The summed E-state index contributed by atoms with van der Waals surface area (Å²) >= 11 is 0. The van der Waals surface area contributed by atoms with Crippen molar-refractivity contribution in [2.24, 2.45) is 17.8 Å². The van der Waals surface area contributed by atoms with Crippen LogP contribution in [0.4, 0.5) is 0 Å². The van der Waals surface area contributed by atoms with Crippen LogP contribution in [-0.4, -0.2) is 47.9 Å². The molecule has 2 bridgehead atoms. The highest BCUT2D eigenvalue weighted by atomic mass is 16.5. The van der Waals surface area contributed by atoms with Gasteiger partial charge in [0.2, 0.25) is 17.7 Å².